The lowest BCUT2D eigenvalue weighted by atomic mass is 10.0. The molecular weight excluding hydrogens is 366 g/mol. The van der Waals surface area contributed by atoms with Crippen molar-refractivity contribution in [1.29, 1.82) is 0 Å². The summed E-state index contributed by atoms with van der Waals surface area (Å²) in [6.07, 6.45) is 0. The predicted octanol–water partition coefficient (Wildman–Crippen LogP) is 6.55. The van der Waals surface area contributed by atoms with Gasteiger partial charge in [0.1, 0.15) is 9.67 Å². The van der Waals surface area contributed by atoms with Crippen molar-refractivity contribution in [3.05, 3.63) is 45.9 Å². The monoisotopic (exact) mass is 370 g/mol. The Morgan fingerprint density at radius 3 is 2.12 bits per heavy atom. The smallest absolute Gasteiger partial charge is 0.100 e. The van der Waals surface area contributed by atoms with Crippen LogP contribution in [0, 0.1) is 0 Å². The summed E-state index contributed by atoms with van der Waals surface area (Å²) in [7, 11) is 0. The molecule has 0 atom stereocenters. The quantitative estimate of drug-likeness (QED) is 0.524. The van der Waals surface area contributed by atoms with Crippen LogP contribution in [0.3, 0.4) is 0 Å². The number of fused-ring (bicyclic) bond motifs is 1. The van der Waals surface area contributed by atoms with E-state index in [1.54, 1.807) is 0 Å². The standard InChI is InChI=1S/C12H7BrCl4/c13-7-3-1-6-2-4-8(11(14)15)10(12(16)17)9(6)5-7/h1-5,11-12H. The number of rotatable bonds is 2. The molecule has 0 aromatic heterocycles. The molecule has 2 aromatic rings. The van der Waals surface area contributed by atoms with Gasteiger partial charge in [-0.2, -0.15) is 0 Å². The van der Waals surface area contributed by atoms with E-state index in [4.69, 9.17) is 46.4 Å². The molecule has 0 bridgehead atoms. The minimum absolute atomic E-state index is 0.645. The van der Waals surface area contributed by atoms with Gasteiger partial charge in [-0.25, -0.2) is 0 Å². The van der Waals surface area contributed by atoms with Crippen molar-refractivity contribution >= 4 is 73.1 Å². The van der Waals surface area contributed by atoms with E-state index in [-0.39, 0.29) is 0 Å². The van der Waals surface area contributed by atoms with Crippen molar-refractivity contribution in [2.75, 3.05) is 0 Å². The number of hydrogen-bond donors (Lipinski definition) is 0. The van der Waals surface area contributed by atoms with Crippen LogP contribution in [-0.2, 0) is 0 Å². The molecule has 0 amide bonds. The lowest BCUT2D eigenvalue weighted by Crippen LogP contribution is -1.94. The molecule has 17 heavy (non-hydrogen) atoms. The largest absolute Gasteiger partial charge is 0.133 e. The molecule has 2 aromatic carbocycles. The molecule has 0 unspecified atom stereocenters. The van der Waals surface area contributed by atoms with E-state index < -0.39 is 9.67 Å². The number of halogens is 5. The van der Waals surface area contributed by atoms with Crippen LogP contribution in [0.2, 0.25) is 0 Å². The van der Waals surface area contributed by atoms with Gasteiger partial charge < -0.3 is 0 Å². The number of alkyl halides is 4. The summed E-state index contributed by atoms with van der Waals surface area (Å²) in [6, 6.07) is 9.72. The Hall–Kier alpha value is 0.340. The second kappa shape index (κ2) is 5.54. The van der Waals surface area contributed by atoms with Gasteiger partial charge in [0.2, 0.25) is 0 Å². The van der Waals surface area contributed by atoms with Crippen LogP contribution in [0.4, 0.5) is 0 Å². The van der Waals surface area contributed by atoms with Gasteiger partial charge in [-0.05, 0) is 34.0 Å². The van der Waals surface area contributed by atoms with Crippen molar-refractivity contribution in [1.82, 2.24) is 0 Å². The van der Waals surface area contributed by atoms with E-state index in [1.807, 2.05) is 30.3 Å². The zero-order chi connectivity index (χ0) is 12.6. The van der Waals surface area contributed by atoms with Gasteiger partial charge in [0.05, 0.1) is 0 Å². The summed E-state index contributed by atoms with van der Waals surface area (Å²) >= 11 is 27.3. The summed E-state index contributed by atoms with van der Waals surface area (Å²) in [5.41, 5.74) is 1.51. The van der Waals surface area contributed by atoms with Gasteiger partial charge in [-0.15, -0.1) is 46.4 Å². The average Bonchev–Trinajstić information content (AvgIpc) is 2.26. The summed E-state index contributed by atoms with van der Waals surface area (Å²) < 4.78 is 0.957. The molecule has 0 aliphatic rings. The van der Waals surface area contributed by atoms with Crippen LogP contribution in [0.5, 0.6) is 0 Å². The maximum Gasteiger partial charge on any atom is 0.133 e. The molecular formula is C12H7BrCl4. The molecule has 0 aliphatic carbocycles. The second-order valence-corrected chi connectivity index (χ2v) is 6.64. The second-order valence-electron chi connectivity index (χ2n) is 3.54. The molecule has 0 spiro atoms. The van der Waals surface area contributed by atoms with Crippen LogP contribution in [0.25, 0.3) is 10.8 Å². The summed E-state index contributed by atoms with van der Waals surface area (Å²) in [4.78, 5) is -1.31. The molecule has 90 valence electrons. The fourth-order valence-electron chi connectivity index (χ4n) is 1.77. The first-order valence-electron chi connectivity index (χ1n) is 4.79. The minimum Gasteiger partial charge on any atom is -0.100 e. The number of benzene rings is 2. The summed E-state index contributed by atoms with van der Waals surface area (Å²) in [6.45, 7) is 0. The normalized spacial score (nSPS) is 11.7. The molecule has 0 heterocycles. The zero-order valence-corrected chi connectivity index (χ0v) is 13.0. The van der Waals surface area contributed by atoms with E-state index in [0.29, 0.717) is 0 Å². The Bertz CT molecular complexity index is 551. The molecule has 0 N–H and O–H groups in total. The van der Waals surface area contributed by atoms with E-state index in [1.165, 1.54) is 0 Å². The lowest BCUT2D eigenvalue weighted by Gasteiger charge is -2.14. The topological polar surface area (TPSA) is 0 Å². The van der Waals surface area contributed by atoms with Crippen LogP contribution < -0.4 is 0 Å². The Kier molecular flexibility index (Phi) is 4.49. The first kappa shape index (κ1) is 13.8. The Morgan fingerprint density at radius 1 is 0.882 bits per heavy atom. The van der Waals surface area contributed by atoms with Crippen LogP contribution in [-0.4, -0.2) is 0 Å². The highest BCUT2D eigenvalue weighted by Gasteiger charge is 2.18. The van der Waals surface area contributed by atoms with Crippen molar-refractivity contribution in [2.45, 2.75) is 9.67 Å². The van der Waals surface area contributed by atoms with Crippen molar-refractivity contribution in [3.63, 3.8) is 0 Å². The van der Waals surface area contributed by atoms with Gasteiger partial charge in [0.15, 0.2) is 0 Å². The first-order valence-corrected chi connectivity index (χ1v) is 7.33. The number of hydrogen-bond acceptors (Lipinski definition) is 0. The molecule has 2 rings (SSSR count). The van der Waals surface area contributed by atoms with Gasteiger partial charge in [0.25, 0.3) is 0 Å². The van der Waals surface area contributed by atoms with Crippen molar-refractivity contribution < 1.29 is 0 Å². The minimum atomic E-state index is -0.664. The third kappa shape index (κ3) is 2.85. The molecule has 0 nitrogen and oxygen atoms in total. The van der Waals surface area contributed by atoms with Gasteiger partial charge in [0, 0.05) is 4.47 Å². The fraction of sp³-hybridized carbons (Fsp3) is 0.167. The van der Waals surface area contributed by atoms with Gasteiger partial charge in [-0.3, -0.25) is 0 Å². The lowest BCUT2D eigenvalue weighted by molar-refractivity contribution is 1.24. The molecule has 0 radical (unpaired) electrons. The van der Waals surface area contributed by atoms with Crippen molar-refractivity contribution in [2.24, 2.45) is 0 Å². The maximum absolute atomic E-state index is 6.02. The first-order chi connectivity index (χ1) is 8.00. The summed E-state index contributed by atoms with van der Waals surface area (Å²) in [5.74, 6) is 0. The predicted molar refractivity (Wildman–Crippen MR) is 80.5 cm³/mol. The third-order valence-corrected chi connectivity index (χ3v) is 3.91. The molecule has 0 saturated heterocycles. The Balaban J connectivity index is 2.82. The molecule has 0 saturated carbocycles. The molecule has 0 fully saturated rings. The highest BCUT2D eigenvalue weighted by atomic mass is 79.9. The fourth-order valence-corrected chi connectivity index (χ4v) is 2.99. The van der Waals surface area contributed by atoms with Crippen LogP contribution in [0.15, 0.2) is 34.8 Å². The van der Waals surface area contributed by atoms with Crippen LogP contribution in [0.1, 0.15) is 20.8 Å². The summed E-state index contributed by atoms with van der Waals surface area (Å²) in [5, 5.41) is 2.01. The van der Waals surface area contributed by atoms with E-state index >= 15 is 0 Å². The van der Waals surface area contributed by atoms with Gasteiger partial charge in [-0.1, -0.05) is 34.1 Å². The van der Waals surface area contributed by atoms with E-state index in [9.17, 15) is 0 Å². The van der Waals surface area contributed by atoms with Gasteiger partial charge >= 0.3 is 0 Å². The van der Waals surface area contributed by atoms with Crippen LogP contribution >= 0.6 is 62.3 Å². The molecule has 5 heteroatoms. The average molecular weight is 373 g/mol. The van der Waals surface area contributed by atoms with E-state index in [0.717, 1.165) is 26.4 Å². The van der Waals surface area contributed by atoms with Crippen molar-refractivity contribution in [3.8, 4) is 0 Å². The van der Waals surface area contributed by atoms with E-state index in [2.05, 4.69) is 15.9 Å². The Labute approximate surface area is 128 Å². The maximum atomic E-state index is 6.02. The Morgan fingerprint density at radius 2 is 1.53 bits per heavy atom. The highest BCUT2D eigenvalue weighted by molar-refractivity contribution is 9.10. The zero-order valence-electron chi connectivity index (χ0n) is 8.43. The SMILES string of the molecule is ClC(Cl)c1ccc2ccc(Br)cc2c1C(Cl)Cl. The third-order valence-electron chi connectivity index (χ3n) is 2.51. The highest BCUT2D eigenvalue weighted by Crippen LogP contribution is 2.40. The molecule has 0 aliphatic heterocycles.